The molecule has 0 radical (unpaired) electrons. The SMILES string of the molecule is COc1ccc(-c2nc(Cc3noc(C4(C)CCCCN4)n3)co2)cc1.Cl. The molecule has 1 unspecified atom stereocenters. The number of hydrogen-bond donors (Lipinski definition) is 1. The Morgan fingerprint density at radius 3 is 2.70 bits per heavy atom. The van der Waals surface area contributed by atoms with Crippen LogP contribution in [0.3, 0.4) is 0 Å². The van der Waals surface area contributed by atoms with Crippen LogP contribution in [-0.2, 0) is 12.0 Å². The van der Waals surface area contributed by atoms with Gasteiger partial charge in [-0.25, -0.2) is 4.98 Å². The molecule has 1 atom stereocenters. The van der Waals surface area contributed by atoms with Gasteiger partial charge in [-0.15, -0.1) is 12.4 Å². The maximum atomic E-state index is 5.59. The Labute approximate surface area is 163 Å². The van der Waals surface area contributed by atoms with E-state index in [0.29, 0.717) is 24.0 Å². The van der Waals surface area contributed by atoms with Crippen LogP contribution in [0.5, 0.6) is 5.75 Å². The number of aromatic nitrogens is 3. The molecule has 0 amide bonds. The first-order valence-corrected chi connectivity index (χ1v) is 8.83. The summed E-state index contributed by atoms with van der Waals surface area (Å²) in [4.78, 5) is 9.09. The van der Waals surface area contributed by atoms with Crippen LogP contribution in [-0.4, -0.2) is 28.8 Å². The minimum Gasteiger partial charge on any atom is -0.497 e. The van der Waals surface area contributed by atoms with Gasteiger partial charge in [0.2, 0.25) is 11.8 Å². The van der Waals surface area contributed by atoms with Gasteiger partial charge in [-0.2, -0.15) is 4.98 Å². The summed E-state index contributed by atoms with van der Waals surface area (Å²) in [7, 11) is 1.64. The van der Waals surface area contributed by atoms with Gasteiger partial charge in [0.25, 0.3) is 0 Å². The monoisotopic (exact) mass is 390 g/mol. The number of piperidine rings is 1. The van der Waals surface area contributed by atoms with Gasteiger partial charge >= 0.3 is 0 Å². The Hall–Kier alpha value is -2.38. The van der Waals surface area contributed by atoms with Crippen molar-refractivity contribution < 1.29 is 13.7 Å². The minimum atomic E-state index is -0.235. The predicted molar refractivity (Wildman–Crippen MR) is 102 cm³/mol. The van der Waals surface area contributed by atoms with E-state index in [0.717, 1.165) is 36.4 Å². The summed E-state index contributed by atoms with van der Waals surface area (Å²) in [5, 5.41) is 7.60. The minimum absolute atomic E-state index is 0. The molecule has 1 aromatic carbocycles. The lowest BCUT2D eigenvalue weighted by Gasteiger charge is -2.31. The molecular weight excluding hydrogens is 368 g/mol. The van der Waals surface area contributed by atoms with Crippen molar-refractivity contribution in [3.05, 3.63) is 47.9 Å². The summed E-state index contributed by atoms with van der Waals surface area (Å²) in [6.07, 6.45) is 5.45. The number of rotatable bonds is 5. The van der Waals surface area contributed by atoms with E-state index in [9.17, 15) is 0 Å². The molecule has 0 aliphatic carbocycles. The van der Waals surface area contributed by atoms with Crippen LogP contribution < -0.4 is 10.1 Å². The van der Waals surface area contributed by atoms with Gasteiger partial charge in [-0.1, -0.05) is 5.16 Å². The highest BCUT2D eigenvalue weighted by Crippen LogP contribution is 2.29. The second-order valence-corrected chi connectivity index (χ2v) is 6.78. The number of nitrogens with zero attached hydrogens (tertiary/aromatic N) is 3. The van der Waals surface area contributed by atoms with Crippen LogP contribution in [0.25, 0.3) is 11.5 Å². The number of nitrogens with one attached hydrogen (secondary N) is 1. The molecule has 3 aromatic rings. The number of benzene rings is 1. The van der Waals surface area contributed by atoms with Crippen LogP contribution in [0.15, 0.2) is 39.5 Å². The topological polar surface area (TPSA) is 86.2 Å². The zero-order valence-electron chi connectivity index (χ0n) is 15.4. The van der Waals surface area contributed by atoms with Gasteiger partial charge in [-0.05, 0) is 57.0 Å². The van der Waals surface area contributed by atoms with Gasteiger partial charge < -0.3 is 19.0 Å². The highest BCUT2D eigenvalue weighted by molar-refractivity contribution is 5.85. The Bertz CT molecular complexity index is 869. The normalized spacial score (nSPS) is 19.5. The molecule has 7 nitrogen and oxygen atoms in total. The van der Waals surface area contributed by atoms with E-state index in [2.05, 4.69) is 27.4 Å². The highest BCUT2D eigenvalue weighted by atomic mass is 35.5. The number of halogens is 1. The van der Waals surface area contributed by atoms with Crippen molar-refractivity contribution in [3.63, 3.8) is 0 Å². The molecule has 8 heteroatoms. The molecule has 3 heterocycles. The lowest BCUT2D eigenvalue weighted by Crippen LogP contribution is -2.43. The fraction of sp³-hybridized carbons (Fsp3) is 0.421. The second kappa shape index (κ2) is 8.10. The van der Waals surface area contributed by atoms with Crippen molar-refractivity contribution in [3.8, 4) is 17.2 Å². The Balaban J connectivity index is 0.00000210. The van der Waals surface area contributed by atoms with E-state index in [1.54, 1.807) is 13.4 Å². The van der Waals surface area contributed by atoms with Crippen molar-refractivity contribution >= 4 is 12.4 Å². The first-order valence-electron chi connectivity index (χ1n) is 8.83. The average molecular weight is 391 g/mol. The average Bonchev–Trinajstić information content (AvgIpc) is 3.33. The maximum Gasteiger partial charge on any atom is 0.246 e. The zero-order valence-corrected chi connectivity index (χ0v) is 16.2. The summed E-state index contributed by atoms with van der Waals surface area (Å²) in [6.45, 7) is 3.09. The highest BCUT2D eigenvalue weighted by Gasteiger charge is 2.34. The van der Waals surface area contributed by atoms with Crippen molar-refractivity contribution in [2.24, 2.45) is 0 Å². The molecule has 0 spiro atoms. The molecule has 0 saturated carbocycles. The van der Waals surface area contributed by atoms with E-state index in [-0.39, 0.29) is 17.9 Å². The Morgan fingerprint density at radius 1 is 1.19 bits per heavy atom. The largest absolute Gasteiger partial charge is 0.497 e. The van der Waals surface area contributed by atoms with Gasteiger partial charge in [0.1, 0.15) is 12.0 Å². The van der Waals surface area contributed by atoms with Crippen molar-refractivity contribution in [2.45, 2.75) is 38.1 Å². The van der Waals surface area contributed by atoms with Crippen LogP contribution in [0.2, 0.25) is 0 Å². The molecular formula is C19H23ClN4O3. The Morgan fingerprint density at radius 2 is 2.00 bits per heavy atom. The van der Waals surface area contributed by atoms with Crippen molar-refractivity contribution in [1.82, 2.24) is 20.4 Å². The van der Waals surface area contributed by atoms with Crippen LogP contribution in [0.4, 0.5) is 0 Å². The predicted octanol–water partition coefficient (Wildman–Crippen LogP) is 3.73. The van der Waals surface area contributed by atoms with Gasteiger partial charge in [0.05, 0.1) is 24.8 Å². The van der Waals surface area contributed by atoms with E-state index < -0.39 is 0 Å². The molecule has 2 aromatic heterocycles. The summed E-state index contributed by atoms with van der Waals surface area (Å²) < 4.78 is 16.3. The van der Waals surface area contributed by atoms with Crippen molar-refractivity contribution in [2.75, 3.05) is 13.7 Å². The lowest BCUT2D eigenvalue weighted by atomic mass is 9.91. The van der Waals surface area contributed by atoms with Crippen LogP contribution >= 0.6 is 12.4 Å². The van der Waals surface area contributed by atoms with Crippen LogP contribution in [0.1, 0.15) is 43.6 Å². The quantitative estimate of drug-likeness (QED) is 0.710. The molecule has 1 aliphatic rings. The number of hydrogen-bond acceptors (Lipinski definition) is 7. The number of ether oxygens (including phenoxy) is 1. The molecule has 27 heavy (non-hydrogen) atoms. The summed E-state index contributed by atoms with van der Waals surface area (Å²) in [5.41, 5.74) is 1.43. The van der Waals surface area contributed by atoms with Gasteiger partial charge in [0.15, 0.2) is 5.82 Å². The van der Waals surface area contributed by atoms with E-state index in [1.165, 1.54) is 6.42 Å². The third-order valence-corrected chi connectivity index (χ3v) is 4.79. The van der Waals surface area contributed by atoms with Crippen molar-refractivity contribution in [1.29, 1.82) is 0 Å². The second-order valence-electron chi connectivity index (χ2n) is 6.78. The van der Waals surface area contributed by atoms with Crippen LogP contribution in [0, 0.1) is 0 Å². The fourth-order valence-electron chi connectivity index (χ4n) is 3.20. The standard InChI is InChI=1S/C19H22N4O3.ClH/c1-19(9-3-4-10-20-19)18-22-16(23-26-18)11-14-12-25-17(21-14)13-5-7-15(24-2)8-6-13;/h5-8,12,20H,3-4,9-11H2,1-2H3;1H. The smallest absolute Gasteiger partial charge is 0.246 e. The number of oxazole rings is 1. The summed E-state index contributed by atoms with van der Waals surface area (Å²) in [6, 6.07) is 7.58. The van der Waals surface area contributed by atoms with Gasteiger partial charge in [-0.3, -0.25) is 0 Å². The van der Waals surface area contributed by atoms with E-state index in [1.807, 2.05) is 24.3 Å². The summed E-state index contributed by atoms with van der Waals surface area (Å²) >= 11 is 0. The van der Waals surface area contributed by atoms with Gasteiger partial charge in [0, 0.05) is 5.56 Å². The third kappa shape index (κ3) is 4.14. The molecule has 1 fully saturated rings. The number of methoxy groups -OCH3 is 1. The Kier molecular flexibility index (Phi) is 5.82. The summed E-state index contributed by atoms with van der Waals surface area (Å²) in [5.74, 6) is 2.62. The van der Waals surface area contributed by atoms with E-state index in [4.69, 9.17) is 13.7 Å². The molecule has 1 N–H and O–H groups in total. The first kappa shape index (κ1) is 19.4. The zero-order chi connectivity index (χ0) is 18.0. The molecule has 4 rings (SSSR count). The molecule has 1 saturated heterocycles. The first-order chi connectivity index (χ1) is 12.7. The van der Waals surface area contributed by atoms with E-state index >= 15 is 0 Å². The lowest BCUT2D eigenvalue weighted by molar-refractivity contribution is 0.206. The molecule has 0 bridgehead atoms. The maximum absolute atomic E-state index is 5.59. The molecule has 144 valence electrons. The fourth-order valence-corrected chi connectivity index (χ4v) is 3.20. The molecule has 1 aliphatic heterocycles. The third-order valence-electron chi connectivity index (χ3n) is 4.79.